The van der Waals surface area contributed by atoms with Gasteiger partial charge in [0.05, 0.1) is 23.3 Å². The van der Waals surface area contributed by atoms with Crippen LogP contribution in [0.1, 0.15) is 36.6 Å². The van der Waals surface area contributed by atoms with Gasteiger partial charge in [0.2, 0.25) is 0 Å². The maximum atomic E-state index is 12.5. The lowest BCUT2D eigenvalue weighted by Gasteiger charge is -2.09. The second kappa shape index (κ2) is 16.7. The molecule has 0 bridgehead atoms. The van der Waals surface area contributed by atoms with Gasteiger partial charge in [0.15, 0.2) is 24.8 Å². The standard InChI is InChI=1S/C37H30O10/c1-3-29(38)23-44-31-15-7-27(8-16-31)36(41)46-33-13-5-25(6-14-33)21-22-43-35(40)26-11-19-34(20-12-26)47-37(42)28-9-17-32(18-10-28)45-24-30(39)4-2/h3-20H,1-2,21-24H2. The number of carbonyl (C=O) groups excluding carboxylic acids is 5. The third-order valence-electron chi connectivity index (χ3n) is 6.46. The molecule has 0 aliphatic heterocycles. The Hall–Kier alpha value is -6.29. The number of hydrogen-bond acceptors (Lipinski definition) is 10. The van der Waals surface area contributed by atoms with E-state index in [0.29, 0.717) is 29.2 Å². The molecule has 4 aromatic carbocycles. The van der Waals surface area contributed by atoms with Crippen LogP contribution in [0, 0.1) is 0 Å². The summed E-state index contributed by atoms with van der Waals surface area (Å²) >= 11 is 0. The Morgan fingerprint density at radius 3 is 1.26 bits per heavy atom. The van der Waals surface area contributed by atoms with Crippen LogP contribution >= 0.6 is 0 Å². The van der Waals surface area contributed by atoms with E-state index in [9.17, 15) is 24.0 Å². The van der Waals surface area contributed by atoms with Crippen LogP contribution in [0.4, 0.5) is 0 Å². The summed E-state index contributed by atoms with van der Waals surface area (Å²) in [5.41, 5.74) is 1.73. The Morgan fingerprint density at radius 1 is 0.489 bits per heavy atom. The minimum absolute atomic E-state index is 0.114. The van der Waals surface area contributed by atoms with Gasteiger partial charge in [-0.3, -0.25) is 9.59 Å². The van der Waals surface area contributed by atoms with E-state index in [0.717, 1.165) is 5.56 Å². The molecule has 0 aromatic heterocycles. The molecule has 0 aliphatic carbocycles. The predicted molar refractivity (Wildman–Crippen MR) is 171 cm³/mol. The maximum absolute atomic E-state index is 12.5. The normalized spacial score (nSPS) is 10.2. The van der Waals surface area contributed by atoms with Crippen LogP contribution in [-0.4, -0.2) is 49.3 Å². The molecule has 0 atom stereocenters. The molecule has 0 heterocycles. The summed E-state index contributed by atoms with van der Waals surface area (Å²) in [6, 6.07) is 25.1. The number of ether oxygens (including phenoxy) is 5. The zero-order chi connectivity index (χ0) is 33.6. The van der Waals surface area contributed by atoms with Gasteiger partial charge < -0.3 is 23.7 Å². The van der Waals surface area contributed by atoms with Crippen molar-refractivity contribution in [3.63, 3.8) is 0 Å². The van der Waals surface area contributed by atoms with Crippen molar-refractivity contribution in [1.82, 2.24) is 0 Å². The van der Waals surface area contributed by atoms with Gasteiger partial charge in [-0.2, -0.15) is 0 Å². The van der Waals surface area contributed by atoms with Gasteiger partial charge in [-0.1, -0.05) is 25.3 Å². The highest BCUT2D eigenvalue weighted by atomic mass is 16.5. The number of rotatable bonds is 16. The van der Waals surface area contributed by atoms with Crippen molar-refractivity contribution < 1.29 is 47.7 Å². The summed E-state index contributed by atoms with van der Waals surface area (Å²) in [7, 11) is 0. The monoisotopic (exact) mass is 634 g/mol. The van der Waals surface area contributed by atoms with Gasteiger partial charge in [-0.15, -0.1) is 0 Å². The summed E-state index contributed by atoms with van der Waals surface area (Å²) in [5, 5.41) is 0. The fourth-order valence-electron chi connectivity index (χ4n) is 3.86. The molecule has 0 aliphatic rings. The van der Waals surface area contributed by atoms with E-state index in [-0.39, 0.29) is 48.3 Å². The van der Waals surface area contributed by atoms with Crippen molar-refractivity contribution in [3.8, 4) is 23.0 Å². The van der Waals surface area contributed by atoms with E-state index in [1.54, 1.807) is 48.5 Å². The first-order valence-corrected chi connectivity index (χ1v) is 14.3. The smallest absolute Gasteiger partial charge is 0.343 e. The van der Waals surface area contributed by atoms with Crippen molar-refractivity contribution in [2.45, 2.75) is 6.42 Å². The van der Waals surface area contributed by atoms with E-state index in [1.807, 2.05) is 0 Å². The zero-order valence-corrected chi connectivity index (χ0v) is 25.2. The number of carbonyl (C=O) groups is 5. The van der Waals surface area contributed by atoms with E-state index >= 15 is 0 Å². The molecule has 0 saturated heterocycles. The summed E-state index contributed by atoms with van der Waals surface area (Å²) in [6.45, 7) is 6.59. The quantitative estimate of drug-likeness (QED) is 0.0847. The molecule has 10 heteroatoms. The highest BCUT2D eigenvalue weighted by Crippen LogP contribution is 2.19. The fourth-order valence-corrected chi connectivity index (χ4v) is 3.86. The molecule has 4 rings (SSSR count). The molecule has 0 spiro atoms. The average Bonchev–Trinajstić information content (AvgIpc) is 3.10. The van der Waals surface area contributed by atoms with Crippen LogP contribution in [0.2, 0.25) is 0 Å². The van der Waals surface area contributed by atoms with Gasteiger partial charge in [0, 0.05) is 6.42 Å². The first kappa shape index (κ1) is 33.6. The average molecular weight is 635 g/mol. The molecule has 238 valence electrons. The van der Waals surface area contributed by atoms with Crippen molar-refractivity contribution in [2.24, 2.45) is 0 Å². The third kappa shape index (κ3) is 10.4. The molecule has 0 N–H and O–H groups in total. The summed E-state index contributed by atoms with van der Waals surface area (Å²) < 4.78 is 26.8. The minimum Gasteiger partial charge on any atom is -0.485 e. The highest BCUT2D eigenvalue weighted by molar-refractivity contribution is 5.93. The Bertz CT molecular complexity index is 1740. The van der Waals surface area contributed by atoms with Crippen LogP contribution in [0.5, 0.6) is 23.0 Å². The third-order valence-corrected chi connectivity index (χ3v) is 6.46. The second-order valence-electron chi connectivity index (χ2n) is 9.80. The Kier molecular flexibility index (Phi) is 11.9. The molecule has 47 heavy (non-hydrogen) atoms. The van der Waals surface area contributed by atoms with E-state index in [1.165, 1.54) is 60.7 Å². The van der Waals surface area contributed by atoms with Gasteiger partial charge in [-0.05, 0) is 103 Å². The SMILES string of the molecule is C=CC(=O)COc1ccc(C(=O)Oc2ccc(CCOC(=O)c3ccc(OC(=O)c4ccc(OCC(=O)C=C)cc4)cc3)cc2)cc1. The van der Waals surface area contributed by atoms with Crippen LogP contribution < -0.4 is 18.9 Å². The predicted octanol–water partition coefficient (Wildman–Crippen LogP) is 5.79. The number of hydrogen-bond donors (Lipinski definition) is 0. The lowest BCUT2D eigenvalue weighted by atomic mass is 10.1. The van der Waals surface area contributed by atoms with Gasteiger partial charge in [0.1, 0.15) is 23.0 Å². The van der Waals surface area contributed by atoms with Crippen molar-refractivity contribution in [1.29, 1.82) is 0 Å². The van der Waals surface area contributed by atoms with E-state index in [4.69, 9.17) is 23.7 Å². The van der Waals surface area contributed by atoms with Crippen LogP contribution in [0.15, 0.2) is 122 Å². The lowest BCUT2D eigenvalue weighted by molar-refractivity contribution is -0.117. The highest BCUT2D eigenvalue weighted by Gasteiger charge is 2.13. The Balaban J connectivity index is 1.19. The molecule has 0 amide bonds. The molecule has 0 unspecified atom stereocenters. The molecule has 0 radical (unpaired) electrons. The molecular formula is C37H30O10. The largest absolute Gasteiger partial charge is 0.485 e. The van der Waals surface area contributed by atoms with Crippen LogP contribution in [-0.2, 0) is 20.7 Å². The lowest BCUT2D eigenvalue weighted by Crippen LogP contribution is -2.11. The number of esters is 3. The van der Waals surface area contributed by atoms with E-state index in [2.05, 4.69) is 13.2 Å². The Morgan fingerprint density at radius 2 is 0.851 bits per heavy atom. The van der Waals surface area contributed by atoms with Gasteiger partial charge in [-0.25, -0.2) is 14.4 Å². The van der Waals surface area contributed by atoms with Gasteiger partial charge >= 0.3 is 17.9 Å². The zero-order valence-electron chi connectivity index (χ0n) is 25.2. The first-order chi connectivity index (χ1) is 22.7. The van der Waals surface area contributed by atoms with E-state index < -0.39 is 17.9 Å². The van der Waals surface area contributed by atoms with Crippen LogP contribution in [0.25, 0.3) is 0 Å². The first-order valence-electron chi connectivity index (χ1n) is 14.3. The summed E-state index contributed by atoms with van der Waals surface area (Å²) in [5.74, 6) is -0.771. The molecule has 0 fully saturated rings. The van der Waals surface area contributed by atoms with Gasteiger partial charge in [0.25, 0.3) is 0 Å². The molecule has 4 aromatic rings. The second-order valence-corrected chi connectivity index (χ2v) is 9.80. The minimum atomic E-state index is -0.603. The van der Waals surface area contributed by atoms with Crippen molar-refractivity contribution in [3.05, 3.63) is 145 Å². The summed E-state index contributed by atoms with van der Waals surface area (Å²) in [4.78, 5) is 60.0. The Labute approximate surface area is 270 Å². The number of ketones is 2. The number of benzene rings is 4. The topological polar surface area (TPSA) is 132 Å². The van der Waals surface area contributed by atoms with Crippen molar-refractivity contribution >= 4 is 29.5 Å². The molecule has 0 saturated carbocycles. The molecule has 10 nitrogen and oxygen atoms in total. The van der Waals surface area contributed by atoms with Crippen molar-refractivity contribution in [2.75, 3.05) is 19.8 Å². The molecular weight excluding hydrogens is 604 g/mol. The maximum Gasteiger partial charge on any atom is 0.343 e. The summed E-state index contributed by atoms with van der Waals surface area (Å²) in [6.07, 6.45) is 2.77. The van der Waals surface area contributed by atoms with Crippen LogP contribution in [0.3, 0.4) is 0 Å². The fraction of sp³-hybridized carbons (Fsp3) is 0.108.